The average Bonchev–Trinajstić information content (AvgIpc) is 2.65. The molecule has 1 fully saturated rings. The van der Waals surface area contributed by atoms with Crippen molar-refractivity contribution in [3.05, 3.63) is 34.9 Å². The van der Waals surface area contributed by atoms with Crippen LogP contribution >= 0.6 is 0 Å². The van der Waals surface area contributed by atoms with E-state index in [9.17, 15) is 0 Å². The van der Waals surface area contributed by atoms with Crippen LogP contribution in [0.15, 0.2) is 18.2 Å². The molecule has 1 unspecified atom stereocenters. The summed E-state index contributed by atoms with van der Waals surface area (Å²) in [6.07, 6.45) is 6.46. The van der Waals surface area contributed by atoms with Crippen molar-refractivity contribution in [1.82, 2.24) is 5.32 Å². The summed E-state index contributed by atoms with van der Waals surface area (Å²) < 4.78 is 0. The first-order chi connectivity index (χ1) is 8.13. The molecule has 1 nitrogen and oxygen atoms in total. The zero-order valence-corrected chi connectivity index (χ0v) is 11.5. The Hall–Kier alpha value is -0.820. The maximum Gasteiger partial charge on any atom is 0.0222 e. The first-order valence-corrected chi connectivity index (χ1v) is 6.96. The molecule has 0 aromatic heterocycles. The third kappa shape index (κ3) is 3.10. The predicted molar refractivity (Wildman–Crippen MR) is 74.5 cm³/mol. The van der Waals surface area contributed by atoms with Crippen LogP contribution < -0.4 is 5.32 Å². The fourth-order valence-electron chi connectivity index (χ4n) is 3.36. The number of hydrogen-bond acceptors (Lipinski definition) is 1. The van der Waals surface area contributed by atoms with Crippen molar-refractivity contribution in [3.8, 4) is 0 Å². The Morgan fingerprint density at radius 3 is 2.41 bits per heavy atom. The topological polar surface area (TPSA) is 12.0 Å². The summed E-state index contributed by atoms with van der Waals surface area (Å²) in [7, 11) is 0. The van der Waals surface area contributed by atoms with Gasteiger partial charge in [-0.3, -0.25) is 0 Å². The van der Waals surface area contributed by atoms with E-state index < -0.39 is 0 Å². The monoisotopic (exact) mass is 231 g/mol. The van der Waals surface area contributed by atoms with Gasteiger partial charge in [-0.05, 0) is 51.6 Å². The lowest BCUT2D eigenvalue weighted by Crippen LogP contribution is -2.41. The van der Waals surface area contributed by atoms with Gasteiger partial charge in [-0.25, -0.2) is 0 Å². The molecule has 0 saturated carbocycles. The number of nitrogens with one attached hydrogen (secondary N) is 1. The smallest absolute Gasteiger partial charge is 0.0222 e. The molecule has 2 rings (SSSR count). The molecule has 1 aliphatic heterocycles. The van der Waals surface area contributed by atoms with E-state index in [0.29, 0.717) is 5.54 Å². The first kappa shape index (κ1) is 12.6. The Morgan fingerprint density at radius 1 is 1.18 bits per heavy atom. The van der Waals surface area contributed by atoms with Crippen LogP contribution in [0.4, 0.5) is 0 Å². The van der Waals surface area contributed by atoms with E-state index in [2.05, 4.69) is 44.3 Å². The molecule has 0 amide bonds. The van der Waals surface area contributed by atoms with Crippen LogP contribution in [-0.2, 0) is 6.42 Å². The average molecular weight is 231 g/mol. The summed E-state index contributed by atoms with van der Waals surface area (Å²) in [4.78, 5) is 0. The van der Waals surface area contributed by atoms with Gasteiger partial charge in [-0.1, -0.05) is 42.7 Å². The summed E-state index contributed by atoms with van der Waals surface area (Å²) in [5.41, 5.74) is 4.68. The van der Waals surface area contributed by atoms with Crippen LogP contribution in [0, 0.1) is 13.8 Å². The van der Waals surface area contributed by atoms with Gasteiger partial charge in [0, 0.05) is 5.54 Å². The highest BCUT2D eigenvalue weighted by molar-refractivity contribution is 5.30. The van der Waals surface area contributed by atoms with Crippen LogP contribution in [0.3, 0.4) is 0 Å². The second kappa shape index (κ2) is 5.22. The second-order valence-electron chi connectivity index (χ2n) is 5.73. The third-order valence-corrected chi connectivity index (χ3v) is 3.88. The summed E-state index contributed by atoms with van der Waals surface area (Å²) >= 11 is 0. The van der Waals surface area contributed by atoms with Gasteiger partial charge in [0.15, 0.2) is 0 Å². The SMILES string of the molecule is CCCC1(Cc2cc(C)cc(C)c2)CCCN1. The normalized spacial score (nSPS) is 24.2. The van der Waals surface area contributed by atoms with E-state index in [1.54, 1.807) is 0 Å². The molecule has 1 aliphatic rings. The molecular formula is C16H25N. The second-order valence-corrected chi connectivity index (χ2v) is 5.73. The molecule has 0 aliphatic carbocycles. The van der Waals surface area contributed by atoms with Crippen LogP contribution in [0.5, 0.6) is 0 Å². The van der Waals surface area contributed by atoms with Gasteiger partial charge in [-0.2, -0.15) is 0 Å². The number of aryl methyl sites for hydroxylation is 2. The van der Waals surface area contributed by atoms with Crippen molar-refractivity contribution < 1.29 is 0 Å². The summed E-state index contributed by atoms with van der Waals surface area (Å²) in [6, 6.07) is 6.97. The Balaban J connectivity index is 2.17. The number of hydrogen-bond donors (Lipinski definition) is 1. The first-order valence-electron chi connectivity index (χ1n) is 6.96. The third-order valence-electron chi connectivity index (χ3n) is 3.88. The lowest BCUT2D eigenvalue weighted by atomic mass is 9.84. The molecule has 1 heteroatoms. The van der Waals surface area contributed by atoms with Crippen molar-refractivity contribution >= 4 is 0 Å². The van der Waals surface area contributed by atoms with Gasteiger partial charge in [0.25, 0.3) is 0 Å². The van der Waals surface area contributed by atoms with Crippen molar-refractivity contribution in [1.29, 1.82) is 0 Å². The molecule has 1 aromatic carbocycles. The Bertz CT molecular complexity index is 355. The molecule has 17 heavy (non-hydrogen) atoms. The fourth-order valence-corrected chi connectivity index (χ4v) is 3.36. The van der Waals surface area contributed by atoms with Gasteiger partial charge in [0.2, 0.25) is 0 Å². The van der Waals surface area contributed by atoms with Gasteiger partial charge >= 0.3 is 0 Å². The quantitative estimate of drug-likeness (QED) is 0.832. The Kier molecular flexibility index (Phi) is 3.88. The minimum Gasteiger partial charge on any atom is -0.311 e. The lowest BCUT2D eigenvalue weighted by molar-refractivity contribution is 0.342. The zero-order chi connectivity index (χ0) is 12.3. The molecule has 0 bridgehead atoms. The van der Waals surface area contributed by atoms with E-state index in [1.807, 2.05) is 0 Å². The van der Waals surface area contributed by atoms with Crippen molar-refractivity contribution in [3.63, 3.8) is 0 Å². The summed E-state index contributed by atoms with van der Waals surface area (Å²) in [5, 5.41) is 3.76. The van der Waals surface area contributed by atoms with Crippen LogP contribution in [0.1, 0.15) is 49.3 Å². The molecular weight excluding hydrogens is 206 g/mol. The highest BCUT2D eigenvalue weighted by atomic mass is 15.0. The van der Waals surface area contributed by atoms with Gasteiger partial charge in [0.1, 0.15) is 0 Å². The van der Waals surface area contributed by atoms with Crippen molar-refractivity contribution in [2.45, 2.75) is 58.4 Å². The van der Waals surface area contributed by atoms with E-state index in [4.69, 9.17) is 0 Å². The number of benzene rings is 1. The molecule has 1 heterocycles. The minimum atomic E-state index is 0.384. The summed E-state index contributed by atoms with van der Waals surface area (Å²) in [6.45, 7) is 7.89. The van der Waals surface area contributed by atoms with Gasteiger partial charge in [0.05, 0.1) is 0 Å². The molecule has 1 atom stereocenters. The van der Waals surface area contributed by atoms with E-state index >= 15 is 0 Å². The van der Waals surface area contributed by atoms with Crippen LogP contribution in [0.2, 0.25) is 0 Å². The maximum absolute atomic E-state index is 3.76. The molecule has 1 saturated heterocycles. The highest BCUT2D eigenvalue weighted by Gasteiger charge is 2.32. The molecule has 0 spiro atoms. The summed E-state index contributed by atoms with van der Waals surface area (Å²) in [5.74, 6) is 0. The van der Waals surface area contributed by atoms with Gasteiger partial charge < -0.3 is 5.32 Å². The van der Waals surface area contributed by atoms with E-state index in [-0.39, 0.29) is 0 Å². The van der Waals surface area contributed by atoms with E-state index in [0.717, 1.165) is 0 Å². The molecule has 1 N–H and O–H groups in total. The lowest BCUT2D eigenvalue weighted by Gasteiger charge is -2.29. The number of rotatable bonds is 4. The standard InChI is InChI=1S/C16H25N/c1-4-6-16(7-5-8-17-16)12-15-10-13(2)9-14(3)11-15/h9-11,17H,4-8,12H2,1-3H3. The zero-order valence-electron chi connectivity index (χ0n) is 11.5. The van der Waals surface area contributed by atoms with Crippen molar-refractivity contribution in [2.75, 3.05) is 6.54 Å². The van der Waals surface area contributed by atoms with Crippen LogP contribution in [0.25, 0.3) is 0 Å². The molecule has 0 radical (unpaired) electrons. The maximum atomic E-state index is 3.76. The fraction of sp³-hybridized carbons (Fsp3) is 0.625. The van der Waals surface area contributed by atoms with Crippen LogP contribution in [-0.4, -0.2) is 12.1 Å². The predicted octanol–water partition coefficient (Wildman–Crippen LogP) is 3.77. The Labute approximate surface area is 106 Å². The highest BCUT2D eigenvalue weighted by Crippen LogP contribution is 2.29. The largest absolute Gasteiger partial charge is 0.311 e. The Morgan fingerprint density at radius 2 is 1.88 bits per heavy atom. The van der Waals surface area contributed by atoms with E-state index in [1.165, 1.54) is 55.3 Å². The minimum absolute atomic E-state index is 0.384. The molecule has 1 aromatic rings. The van der Waals surface area contributed by atoms with Crippen molar-refractivity contribution in [2.24, 2.45) is 0 Å². The van der Waals surface area contributed by atoms with Gasteiger partial charge in [-0.15, -0.1) is 0 Å². The molecule has 94 valence electrons.